The van der Waals surface area contributed by atoms with Gasteiger partial charge in [-0.05, 0) is 37.3 Å². The lowest BCUT2D eigenvalue weighted by Gasteiger charge is -2.32. The van der Waals surface area contributed by atoms with Gasteiger partial charge in [-0.2, -0.15) is 0 Å². The summed E-state index contributed by atoms with van der Waals surface area (Å²) >= 11 is 1.60. The number of likely N-dealkylation sites (tertiary alicyclic amines) is 1. The lowest BCUT2D eigenvalue weighted by Crippen LogP contribution is -2.39. The highest BCUT2D eigenvalue weighted by Gasteiger charge is 2.23. The Morgan fingerprint density at radius 1 is 1.25 bits per heavy atom. The summed E-state index contributed by atoms with van der Waals surface area (Å²) in [4.78, 5) is 19.0. The number of aromatic nitrogens is 1. The second-order valence-corrected chi connectivity index (χ2v) is 7.40. The zero-order valence-electron chi connectivity index (χ0n) is 14.0. The Bertz CT molecular complexity index is 648. The second kappa shape index (κ2) is 8.40. The molecule has 2 N–H and O–H groups in total. The quantitative estimate of drug-likeness (QED) is 0.877. The highest BCUT2D eigenvalue weighted by atomic mass is 32.1. The van der Waals surface area contributed by atoms with Gasteiger partial charge in [0.25, 0.3) is 0 Å². The molecule has 1 fully saturated rings. The molecule has 1 aliphatic rings. The molecule has 24 heavy (non-hydrogen) atoms. The van der Waals surface area contributed by atoms with Crippen molar-refractivity contribution >= 4 is 17.2 Å². The molecule has 1 aliphatic heterocycles. The molecular weight excluding hydrogens is 318 g/mol. The summed E-state index contributed by atoms with van der Waals surface area (Å²) in [6.07, 6.45) is 4.53. The van der Waals surface area contributed by atoms with Crippen molar-refractivity contribution in [2.45, 2.75) is 32.1 Å². The fourth-order valence-electron chi connectivity index (χ4n) is 3.27. The molecule has 1 amide bonds. The van der Waals surface area contributed by atoms with E-state index in [1.54, 1.807) is 11.3 Å². The first-order valence-corrected chi connectivity index (χ1v) is 9.57. The monoisotopic (exact) mass is 343 g/mol. The van der Waals surface area contributed by atoms with Gasteiger partial charge in [-0.1, -0.05) is 30.3 Å². The number of carbonyl (C=O) groups is 1. The Kier molecular flexibility index (Phi) is 5.99. The predicted octanol–water partition coefficient (Wildman–Crippen LogP) is 2.67. The topological polar surface area (TPSA) is 59.2 Å². The van der Waals surface area contributed by atoms with Crippen molar-refractivity contribution in [2.24, 2.45) is 11.7 Å². The first kappa shape index (κ1) is 17.1. The van der Waals surface area contributed by atoms with Crippen molar-refractivity contribution < 1.29 is 4.79 Å². The van der Waals surface area contributed by atoms with E-state index >= 15 is 0 Å². The number of hydrogen-bond donors (Lipinski definition) is 1. The molecule has 0 aliphatic carbocycles. The van der Waals surface area contributed by atoms with Crippen LogP contribution in [0.4, 0.5) is 0 Å². The molecule has 4 nitrogen and oxygen atoms in total. The number of thiazole rings is 1. The number of carbonyl (C=O) groups excluding carboxylic acids is 1. The van der Waals surface area contributed by atoms with Gasteiger partial charge in [0, 0.05) is 24.9 Å². The molecule has 2 aromatic rings. The van der Waals surface area contributed by atoms with Gasteiger partial charge in [0.15, 0.2) is 0 Å². The lowest BCUT2D eigenvalue weighted by atomic mass is 9.90. The molecule has 0 saturated carbocycles. The SMILES string of the molecule is NCCc1nc(CC(=O)N2CCC(Cc3ccccc3)CC2)cs1. The van der Waals surface area contributed by atoms with E-state index in [9.17, 15) is 4.79 Å². The average molecular weight is 343 g/mol. The van der Waals surface area contributed by atoms with E-state index in [1.807, 2.05) is 10.3 Å². The van der Waals surface area contributed by atoms with Gasteiger partial charge in [0.1, 0.15) is 0 Å². The highest BCUT2D eigenvalue weighted by molar-refractivity contribution is 7.09. The molecule has 2 heterocycles. The van der Waals surface area contributed by atoms with E-state index in [1.165, 1.54) is 5.56 Å². The Hall–Kier alpha value is -1.72. The standard InChI is InChI=1S/C19H25N3OS/c20-9-6-18-21-17(14-24-18)13-19(23)22-10-7-16(8-11-22)12-15-4-2-1-3-5-15/h1-5,14,16H,6-13,20H2. The van der Waals surface area contributed by atoms with Crippen LogP contribution >= 0.6 is 11.3 Å². The summed E-state index contributed by atoms with van der Waals surface area (Å²) < 4.78 is 0. The normalized spacial score (nSPS) is 15.6. The zero-order chi connectivity index (χ0) is 16.8. The fourth-order valence-corrected chi connectivity index (χ4v) is 4.08. The summed E-state index contributed by atoms with van der Waals surface area (Å²) in [5.41, 5.74) is 7.84. The molecule has 5 heteroatoms. The van der Waals surface area contributed by atoms with Crippen LogP contribution in [-0.2, 0) is 24.1 Å². The number of piperidine rings is 1. The van der Waals surface area contributed by atoms with Gasteiger partial charge < -0.3 is 10.6 Å². The number of benzene rings is 1. The third kappa shape index (κ3) is 4.65. The summed E-state index contributed by atoms with van der Waals surface area (Å²) in [6.45, 7) is 2.35. The Morgan fingerprint density at radius 3 is 2.71 bits per heavy atom. The van der Waals surface area contributed by atoms with E-state index in [0.29, 0.717) is 18.9 Å². The third-order valence-corrected chi connectivity index (χ3v) is 5.58. The predicted molar refractivity (Wildman–Crippen MR) is 98.0 cm³/mol. The van der Waals surface area contributed by atoms with Gasteiger partial charge in [-0.15, -0.1) is 11.3 Å². The first-order chi connectivity index (χ1) is 11.7. The zero-order valence-corrected chi connectivity index (χ0v) is 14.8. The van der Waals surface area contributed by atoms with Crippen molar-refractivity contribution in [1.29, 1.82) is 0 Å². The van der Waals surface area contributed by atoms with E-state index < -0.39 is 0 Å². The molecule has 1 saturated heterocycles. The van der Waals surface area contributed by atoms with Crippen LogP contribution in [0.1, 0.15) is 29.1 Å². The second-order valence-electron chi connectivity index (χ2n) is 6.46. The molecule has 3 rings (SSSR count). The Labute approximate surface area is 147 Å². The van der Waals surface area contributed by atoms with E-state index in [-0.39, 0.29) is 5.91 Å². The van der Waals surface area contributed by atoms with Crippen LogP contribution in [0.2, 0.25) is 0 Å². The van der Waals surface area contributed by atoms with Crippen LogP contribution in [0.3, 0.4) is 0 Å². The summed E-state index contributed by atoms with van der Waals surface area (Å²) in [5, 5.41) is 3.02. The molecule has 0 spiro atoms. The van der Waals surface area contributed by atoms with Crippen molar-refractivity contribution in [3.63, 3.8) is 0 Å². The maximum absolute atomic E-state index is 12.5. The molecule has 0 radical (unpaired) electrons. The smallest absolute Gasteiger partial charge is 0.228 e. The van der Waals surface area contributed by atoms with Crippen LogP contribution in [-0.4, -0.2) is 35.4 Å². The molecule has 1 aromatic carbocycles. The van der Waals surface area contributed by atoms with E-state index in [4.69, 9.17) is 5.73 Å². The maximum Gasteiger partial charge on any atom is 0.228 e. The van der Waals surface area contributed by atoms with Gasteiger partial charge in [-0.3, -0.25) is 4.79 Å². The van der Waals surface area contributed by atoms with Crippen LogP contribution in [0.15, 0.2) is 35.7 Å². The molecule has 0 bridgehead atoms. The number of hydrogen-bond acceptors (Lipinski definition) is 4. The van der Waals surface area contributed by atoms with Crippen molar-refractivity contribution in [3.05, 3.63) is 52.0 Å². The molecule has 0 unspecified atom stereocenters. The summed E-state index contributed by atoms with van der Waals surface area (Å²) in [7, 11) is 0. The van der Waals surface area contributed by atoms with Gasteiger partial charge >= 0.3 is 0 Å². The maximum atomic E-state index is 12.5. The fraction of sp³-hybridized carbons (Fsp3) is 0.474. The lowest BCUT2D eigenvalue weighted by molar-refractivity contribution is -0.131. The number of nitrogens with zero attached hydrogens (tertiary/aromatic N) is 2. The van der Waals surface area contributed by atoms with Crippen LogP contribution in [0, 0.1) is 5.92 Å². The Balaban J connectivity index is 1.46. The van der Waals surface area contributed by atoms with Crippen LogP contribution < -0.4 is 5.73 Å². The van der Waals surface area contributed by atoms with Gasteiger partial charge in [0.05, 0.1) is 17.1 Å². The minimum Gasteiger partial charge on any atom is -0.342 e. The van der Waals surface area contributed by atoms with Crippen LogP contribution in [0.25, 0.3) is 0 Å². The van der Waals surface area contributed by atoms with E-state index in [0.717, 1.165) is 49.5 Å². The van der Waals surface area contributed by atoms with Crippen molar-refractivity contribution in [2.75, 3.05) is 19.6 Å². The average Bonchev–Trinajstić information content (AvgIpc) is 3.04. The minimum atomic E-state index is 0.206. The minimum absolute atomic E-state index is 0.206. The number of amides is 1. The van der Waals surface area contributed by atoms with Crippen molar-refractivity contribution in [1.82, 2.24) is 9.88 Å². The molecular formula is C19H25N3OS. The highest BCUT2D eigenvalue weighted by Crippen LogP contribution is 2.22. The Morgan fingerprint density at radius 2 is 2.00 bits per heavy atom. The first-order valence-electron chi connectivity index (χ1n) is 8.69. The largest absolute Gasteiger partial charge is 0.342 e. The third-order valence-electron chi connectivity index (χ3n) is 4.62. The van der Waals surface area contributed by atoms with Crippen LogP contribution in [0.5, 0.6) is 0 Å². The number of nitrogens with two attached hydrogens (primary N) is 1. The summed E-state index contributed by atoms with van der Waals surface area (Å²) in [6, 6.07) is 10.6. The van der Waals surface area contributed by atoms with Gasteiger partial charge in [-0.25, -0.2) is 4.98 Å². The molecule has 1 aromatic heterocycles. The molecule has 128 valence electrons. The van der Waals surface area contributed by atoms with Crippen molar-refractivity contribution in [3.8, 4) is 0 Å². The summed E-state index contributed by atoms with van der Waals surface area (Å²) in [5.74, 6) is 0.893. The van der Waals surface area contributed by atoms with E-state index in [2.05, 4.69) is 35.3 Å². The van der Waals surface area contributed by atoms with Gasteiger partial charge in [0.2, 0.25) is 5.91 Å². The number of rotatable bonds is 6. The molecule has 0 atom stereocenters.